The Balaban J connectivity index is 0.00000320. The molecule has 0 atom stereocenters. The third kappa shape index (κ3) is 5.99. The van der Waals surface area contributed by atoms with Crippen molar-refractivity contribution in [2.24, 2.45) is 0 Å². The van der Waals surface area contributed by atoms with Gasteiger partial charge < -0.3 is 9.64 Å². The number of para-hydroxylation sites is 1. The van der Waals surface area contributed by atoms with Crippen LogP contribution >= 0.6 is 46.9 Å². The molecule has 0 aliphatic carbocycles. The van der Waals surface area contributed by atoms with Gasteiger partial charge in [-0.3, -0.25) is 9.69 Å². The van der Waals surface area contributed by atoms with Gasteiger partial charge in [-0.1, -0.05) is 40.6 Å². The summed E-state index contributed by atoms with van der Waals surface area (Å²) in [5.74, 6) is 0.546. The molecule has 0 saturated carbocycles. The largest absolute Gasteiger partial charge is 0.492 e. The Morgan fingerprint density at radius 2 is 1.83 bits per heavy atom. The van der Waals surface area contributed by atoms with Crippen molar-refractivity contribution in [3.63, 3.8) is 0 Å². The van der Waals surface area contributed by atoms with Crippen molar-refractivity contribution in [1.82, 2.24) is 9.88 Å². The van der Waals surface area contributed by atoms with Crippen LogP contribution < -0.4 is 9.64 Å². The van der Waals surface area contributed by atoms with Gasteiger partial charge in [0, 0.05) is 22.2 Å². The third-order valence-corrected chi connectivity index (χ3v) is 5.72. The Hall–Kier alpha value is -1.57. The number of carbonyl (C=O) groups excluding carboxylic acids is 1. The normalized spacial score (nSPS) is 10.9. The van der Waals surface area contributed by atoms with Crippen LogP contribution in [-0.4, -0.2) is 49.6 Å². The number of hydrogen-bond donors (Lipinski definition) is 0. The molecule has 0 bridgehead atoms. The van der Waals surface area contributed by atoms with Crippen LogP contribution in [-0.2, 0) is 0 Å². The molecule has 3 rings (SSSR count). The Kier molecular flexibility index (Phi) is 9.19. The standard InChI is InChI=1S/C21H23Cl2N3O2S.ClH/c1-4-28-17-7-5-8-18-19(17)24-21(29-18)26(10-6-9-25(2)3)20(27)14-11-15(22)13-16(23)12-14;/h5,7-8,11-13H,4,6,9-10H2,1-3H3;1H. The number of fused-ring (bicyclic) bond motifs is 1. The second kappa shape index (κ2) is 11.2. The number of halogens is 3. The van der Waals surface area contributed by atoms with Gasteiger partial charge in [0.05, 0.1) is 11.3 Å². The second-order valence-electron chi connectivity index (χ2n) is 6.80. The summed E-state index contributed by atoms with van der Waals surface area (Å²) in [6.45, 7) is 3.88. The lowest BCUT2D eigenvalue weighted by Gasteiger charge is -2.21. The number of carbonyl (C=O) groups is 1. The zero-order valence-corrected chi connectivity index (χ0v) is 20.2. The maximum atomic E-state index is 13.3. The van der Waals surface area contributed by atoms with Crippen LogP contribution in [0.25, 0.3) is 10.2 Å². The maximum absolute atomic E-state index is 13.3. The number of benzene rings is 2. The quantitative estimate of drug-likeness (QED) is 0.389. The average Bonchev–Trinajstić information content (AvgIpc) is 3.09. The van der Waals surface area contributed by atoms with Gasteiger partial charge >= 0.3 is 0 Å². The number of anilines is 1. The Morgan fingerprint density at radius 3 is 2.47 bits per heavy atom. The predicted octanol–water partition coefficient (Wildman–Crippen LogP) is 6.02. The van der Waals surface area contributed by atoms with E-state index >= 15 is 0 Å². The second-order valence-corrected chi connectivity index (χ2v) is 8.69. The maximum Gasteiger partial charge on any atom is 0.260 e. The van der Waals surface area contributed by atoms with E-state index in [2.05, 4.69) is 4.90 Å². The van der Waals surface area contributed by atoms with Crippen molar-refractivity contribution in [2.45, 2.75) is 13.3 Å². The van der Waals surface area contributed by atoms with E-state index in [1.165, 1.54) is 11.3 Å². The molecular formula is C21H24Cl3N3O2S. The molecule has 0 saturated heterocycles. The molecule has 3 aromatic rings. The Labute approximate surface area is 197 Å². The molecule has 0 N–H and O–H groups in total. The van der Waals surface area contributed by atoms with Crippen LogP contribution in [0.1, 0.15) is 23.7 Å². The highest BCUT2D eigenvalue weighted by molar-refractivity contribution is 7.22. The number of nitrogens with zero attached hydrogens (tertiary/aromatic N) is 3. The monoisotopic (exact) mass is 487 g/mol. The van der Waals surface area contributed by atoms with Gasteiger partial charge in [-0.2, -0.15) is 0 Å². The molecule has 0 unspecified atom stereocenters. The number of rotatable bonds is 8. The third-order valence-electron chi connectivity index (χ3n) is 4.24. The van der Waals surface area contributed by atoms with E-state index in [1.54, 1.807) is 23.1 Å². The van der Waals surface area contributed by atoms with Gasteiger partial charge in [0.1, 0.15) is 11.3 Å². The summed E-state index contributed by atoms with van der Waals surface area (Å²) < 4.78 is 6.67. The lowest BCUT2D eigenvalue weighted by atomic mass is 10.2. The molecule has 1 aromatic heterocycles. The smallest absolute Gasteiger partial charge is 0.260 e. The number of aromatic nitrogens is 1. The first-order chi connectivity index (χ1) is 13.9. The number of amides is 1. The van der Waals surface area contributed by atoms with Crippen molar-refractivity contribution < 1.29 is 9.53 Å². The molecule has 2 aromatic carbocycles. The lowest BCUT2D eigenvalue weighted by Crippen LogP contribution is -2.33. The summed E-state index contributed by atoms with van der Waals surface area (Å²) in [4.78, 5) is 21.9. The van der Waals surface area contributed by atoms with E-state index < -0.39 is 0 Å². The van der Waals surface area contributed by atoms with Crippen LogP contribution in [0.15, 0.2) is 36.4 Å². The van der Waals surface area contributed by atoms with E-state index in [0.717, 1.165) is 28.9 Å². The summed E-state index contributed by atoms with van der Waals surface area (Å²) in [5, 5.41) is 1.49. The van der Waals surface area contributed by atoms with E-state index in [1.807, 2.05) is 39.2 Å². The van der Waals surface area contributed by atoms with E-state index in [9.17, 15) is 4.79 Å². The average molecular weight is 489 g/mol. The fourth-order valence-electron chi connectivity index (χ4n) is 2.96. The fourth-order valence-corrected chi connectivity index (χ4v) is 4.49. The molecule has 162 valence electrons. The van der Waals surface area contributed by atoms with E-state index in [4.69, 9.17) is 32.9 Å². The van der Waals surface area contributed by atoms with E-state index in [-0.39, 0.29) is 18.3 Å². The minimum atomic E-state index is -0.176. The van der Waals surface area contributed by atoms with E-state index in [0.29, 0.717) is 33.9 Å². The molecule has 1 amide bonds. The van der Waals surface area contributed by atoms with Gasteiger partial charge in [-0.05, 0) is 64.3 Å². The number of hydrogen-bond acceptors (Lipinski definition) is 5. The molecule has 0 radical (unpaired) electrons. The topological polar surface area (TPSA) is 45.7 Å². The minimum Gasteiger partial charge on any atom is -0.492 e. The van der Waals surface area contributed by atoms with Crippen molar-refractivity contribution in [3.05, 3.63) is 52.0 Å². The number of thiazole rings is 1. The van der Waals surface area contributed by atoms with Gasteiger partial charge in [-0.25, -0.2) is 4.98 Å². The van der Waals surface area contributed by atoms with Crippen LogP contribution in [0.4, 0.5) is 5.13 Å². The first-order valence-corrected chi connectivity index (χ1v) is 10.9. The first kappa shape index (κ1) is 24.7. The Morgan fingerprint density at radius 1 is 1.13 bits per heavy atom. The molecule has 0 spiro atoms. The highest BCUT2D eigenvalue weighted by Crippen LogP contribution is 2.35. The van der Waals surface area contributed by atoms with Crippen LogP contribution in [0.3, 0.4) is 0 Å². The molecule has 5 nitrogen and oxygen atoms in total. The zero-order valence-electron chi connectivity index (χ0n) is 17.0. The lowest BCUT2D eigenvalue weighted by molar-refractivity contribution is 0.0986. The highest BCUT2D eigenvalue weighted by Gasteiger charge is 2.23. The molecular weight excluding hydrogens is 465 g/mol. The summed E-state index contributed by atoms with van der Waals surface area (Å²) >= 11 is 13.7. The number of ether oxygens (including phenoxy) is 1. The van der Waals surface area contributed by atoms with Gasteiger partial charge in [0.25, 0.3) is 5.91 Å². The van der Waals surface area contributed by atoms with Gasteiger partial charge in [-0.15, -0.1) is 12.4 Å². The van der Waals surface area contributed by atoms with Crippen LogP contribution in [0.5, 0.6) is 5.75 Å². The van der Waals surface area contributed by atoms with Crippen molar-refractivity contribution in [1.29, 1.82) is 0 Å². The zero-order chi connectivity index (χ0) is 21.0. The van der Waals surface area contributed by atoms with Crippen molar-refractivity contribution >= 4 is 68.2 Å². The van der Waals surface area contributed by atoms with Crippen LogP contribution in [0.2, 0.25) is 10.0 Å². The van der Waals surface area contributed by atoms with Crippen molar-refractivity contribution in [3.8, 4) is 5.75 Å². The SMILES string of the molecule is CCOc1cccc2sc(N(CCCN(C)C)C(=O)c3cc(Cl)cc(Cl)c3)nc12.Cl. The molecule has 0 aliphatic rings. The van der Waals surface area contributed by atoms with Gasteiger partial charge in [0.15, 0.2) is 5.13 Å². The summed E-state index contributed by atoms with van der Waals surface area (Å²) in [5.41, 5.74) is 1.21. The molecule has 9 heteroatoms. The molecule has 0 aliphatic heterocycles. The predicted molar refractivity (Wildman–Crippen MR) is 129 cm³/mol. The minimum absolute atomic E-state index is 0. The first-order valence-electron chi connectivity index (χ1n) is 9.34. The summed E-state index contributed by atoms with van der Waals surface area (Å²) in [6, 6.07) is 10.7. The molecule has 30 heavy (non-hydrogen) atoms. The summed E-state index contributed by atoms with van der Waals surface area (Å²) in [6.07, 6.45) is 0.807. The van der Waals surface area contributed by atoms with Crippen molar-refractivity contribution in [2.75, 3.05) is 38.7 Å². The van der Waals surface area contributed by atoms with Gasteiger partial charge in [0.2, 0.25) is 0 Å². The van der Waals surface area contributed by atoms with Crippen LogP contribution in [0, 0.1) is 0 Å². The highest BCUT2D eigenvalue weighted by atomic mass is 35.5. The Bertz CT molecular complexity index is 990. The molecule has 0 fully saturated rings. The molecule has 1 heterocycles. The fraction of sp³-hybridized carbons (Fsp3) is 0.333. The summed E-state index contributed by atoms with van der Waals surface area (Å²) in [7, 11) is 4.02.